The fourth-order valence-electron chi connectivity index (χ4n) is 2.32. The maximum Gasteiger partial charge on any atom is 0.254 e. The number of rotatable bonds is 4. The van der Waals surface area contributed by atoms with E-state index in [2.05, 4.69) is 4.98 Å². The number of hydrogen-bond acceptors (Lipinski definition) is 4. The van der Waals surface area contributed by atoms with Gasteiger partial charge in [0.2, 0.25) is 5.91 Å². The minimum atomic E-state index is -0.0614. The summed E-state index contributed by atoms with van der Waals surface area (Å²) in [5.74, 6) is 0.856. The van der Waals surface area contributed by atoms with Gasteiger partial charge in [-0.25, -0.2) is 4.98 Å². The Morgan fingerprint density at radius 3 is 2.84 bits per heavy atom. The van der Waals surface area contributed by atoms with E-state index in [1.807, 2.05) is 20.8 Å². The van der Waals surface area contributed by atoms with Crippen molar-refractivity contribution >= 4 is 17.7 Å². The van der Waals surface area contributed by atoms with Crippen molar-refractivity contribution in [1.82, 2.24) is 14.5 Å². The van der Waals surface area contributed by atoms with Crippen molar-refractivity contribution in [1.29, 1.82) is 0 Å². The number of aromatic nitrogens is 2. The Morgan fingerprint density at radius 1 is 1.53 bits per heavy atom. The Kier molecular flexibility index (Phi) is 4.29. The molecule has 1 amide bonds. The predicted molar refractivity (Wildman–Crippen MR) is 75.5 cm³/mol. The quantitative estimate of drug-likeness (QED) is 0.784. The molecule has 104 valence electrons. The lowest BCUT2D eigenvalue weighted by molar-refractivity contribution is -0.131. The number of carbonyl (C=O) groups is 1. The van der Waals surface area contributed by atoms with Crippen molar-refractivity contribution in [2.75, 3.05) is 18.8 Å². The fourth-order valence-corrected chi connectivity index (χ4v) is 3.51. The molecule has 0 N–H and O–H groups in total. The molecule has 1 aliphatic rings. The molecule has 1 unspecified atom stereocenters. The van der Waals surface area contributed by atoms with Crippen LogP contribution in [0.5, 0.6) is 0 Å². The lowest BCUT2D eigenvalue weighted by Crippen LogP contribution is -2.34. The summed E-state index contributed by atoms with van der Waals surface area (Å²) >= 11 is 1.55. The number of thioether (sulfide) groups is 1. The Morgan fingerprint density at radius 2 is 2.21 bits per heavy atom. The standard InChI is InChI=1S/C13H19N3O2S/c1-4-15(5-2)11(17)7-10-8-19-13-14-9(3)6-12(18)16(10)13/h6,10H,4-5,7-8H2,1-3H3. The first-order chi connectivity index (χ1) is 9.06. The lowest BCUT2D eigenvalue weighted by Gasteiger charge is -2.21. The lowest BCUT2D eigenvalue weighted by atomic mass is 10.2. The van der Waals surface area contributed by atoms with Crippen LogP contribution in [0, 0.1) is 6.92 Å². The second kappa shape index (κ2) is 5.77. The van der Waals surface area contributed by atoms with Crippen LogP contribution in [0.2, 0.25) is 0 Å². The Bertz CT molecular complexity index is 537. The molecule has 19 heavy (non-hydrogen) atoms. The van der Waals surface area contributed by atoms with Crippen LogP contribution in [0.15, 0.2) is 16.0 Å². The highest BCUT2D eigenvalue weighted by molar-refractivity contribution is 7.99. The molecule has 2 rings (SSSR count). The van der Waals surface area contributed by atoms with Crippen molar-refractivity contribution in [2.24, 2.45) is 0 Å². The molecule has 1 aliphatic heterocycles. The topological polar surface area (TPSA) is 55.2 Å². The largest absolute Gasteiger partial charge is 0.343 e. The first-order valence-corrected chi connectivity index (χ1v) is 7.56. The summed E-state index contributed by atoms with van der Waals surface area (Å²) in [7, 11) is 0. The smallest absolute Gasteiger partial charge is 0.254 e. The maximum atomic E-state index is 12.1. The van der Waals surface area contributed by atoms with Crippen LogP contribution in [0.25, 0.3) is 0 Å². The zero-order valence-electron chi connectivity index (χ0n) is 11.5. The normalized spacial score (nSPS) is 17.3. The number of aryl methyl sites for hydroxylation is 1. The molecule has 6 heteroatoms. The predicted octanol–water partition coefficient (Wildman–Crippen LogP) is 1.46. The summed E-state index contributed by atoms with van der Waals surface area (Å²) in [6.07, 6.45) is 0.381. The first kappa shape index (κ1) is 14.1. The summed E-state index contributed by atoms with van der Waals surface area (Å²) < 4.78 is 1.67. The van der Waals surface area contributed by atoms with Gasteiger partial charge in [0.05, 0.1) is 6.04 Å². The zero-order chi connectivity index (χ0) is 14.0. The van der Waals surface area contributed by atoms with Crippen LogP contribution in [0.4, 0.5) is 0 Å². The third-order valence-electron chi connectivity index (χ3n) is 3.34. The third kappa shape index (κ3) is 2.83. The van der Waals surface area contributed by atoms with E-state index >= 15 is 0 Å². The first-order valence-electron chi connectivity index (χ1n) is 6.57. The summed E-state index contributed by atoms with van der Waals surface area (Å²) in [6, 6.07) is 1.47. The van der Waals surface area contributed by atoms with Gasteiger partial charge in [-0.15, -0.1) is 0 Å². The molecule has 1 aromatic heterocycles. The molecular weight excluding hydrogens is 262 g/mol. The number of fused-ring (bicyclic) bond motifs is 1. The molecule has 0 aliphatic carbocycles. The molecule has 0 fully saturated rings. The summed E-state index contributed by atoms with van der Waals surface area (Å²) in [5.41, 5.74) is 0.685. The molecule has 1 atom stereocenters. The van der Waals surface area contributed by atoms with Gasteiger partial charge in [-0.05, 0) is 20.8 Å². The van der Waals surface area contributed by atoms with Crippen molar-refractivity contribution in [3.63, 3.8) is 0 Å². The monoisotopic (exact) mass is 281 g/mol. The molecule has 0 radical (unpaired) electrons. The molecule has 0 bridgehead atoms. The van der Waals surface area contributed by atoms with E-state index in [1.54, 1.807) is 21.2 Å². The Balaban J connectivity index is 2.19. The Labute approximate surface area is 117 Å². The van der Waals surface area contributed by atoms with E-state index in [1.165, 1.54) is 6.07 Å². The van der Waals surface area contributed by atoms with Crippen LogP contribution in [0.1, 0.15) is 32.0 Å². The molecule has 5 nitrogen and oxygen atoms in total. The Hall–Kier alpha value is -1.30. The van der Waals surface area contributed by atoms with Crippen LogP contribution in [-0.4, -0.2) is 39.2 Å². The van der Waals surface area contributed by atoms with E-state index in [9.17, 15) is 9.59 Å². The highest BCUT2D eigenvalue weighted by Gasteiger charge is 2.28. The van der Waals surface area contributed by atoms with Gasteiger partial charge in [0.1, 0.15) is 0 Å². The van der Waals surface area contributed by atoms with Crippen LogP contribution >= 0.6 is 11.8 Å². The van der Waals surface area contributed by atoms with Gasteiger partial charge in [0.25, 0.3) is 5.56 Å². The van der Waals surface area contributed by atoms with Gasteiger partial charge >= 0.3 is 0 Å². The fraction of sp³-hybridized carbons (Fsp3) is 0.615. The van der Waals surface area contributed by atoms with Gasteiger partial charge in [-0.3, -0.25) is 14.2 Å². The van der Waals surface area contributed by atoms with Crippen molar-refractivity contribution < 1.29 is 4.79 Å². The number of nitrogens with zero attached hydrogens (tertiary/aromatic N) is 3. The summed E-state index contributed by atoms with van der Waals surface area (Å²) in [6.45, 7) is 7.18. The number of hydrogen-bond donors (Lipinski definition) is 0. The highest BCUT2D eigenvalue weighted by atomic mass is 32.2. The van der Waals surface area contributed by atoms with Crippen molar-refractivity contribution in [2.45, 2.75) is 38.4 Å². The number of amides is 1. The molecular formula is C13H19N3O2S. The van der Waals surface area contributed by atoms with Crippen LogP contribution in [-0.2, 0) is 4.79 Å². The van der Waals surface area contributed by atoms with Gasteiger partial charge in [0.15, 0.2) is 5.16 Å². The average molecular weight is 281 g/mol. The van der Waals surface area contributed by atoms with Crippen LogP contribution in [0.3, 0.4) is 0 Å². The van der Waals surface area contributed by atoms with Gasteiger partial charge in [-0.2, -0.15) is 0 Å². The van der Waals surface area contributed by atoms with E-state index in [-0.39, 0.29) is 17.5 Å². The van der Waals surface area contributed by atoms with E-state index in [0.717, 1.165) is 16.6 Å². The molecule has 0 aromatic carbocycles. The van der Waals surface area contributed by atoms with E-state index < -0.39 is 0 Å². The van der Waals surface area contributed by atoms with E-state index in [4.69, 9.17) is 0 Å². The molecule has 0 saturated carbocycles. The van der Waals surface area contributed by atoms with Gasteiger partial charge in [0, 0.05) is 37.0 Å². The molecule has 1 aromatic rings. The zero-order valence-corrected chi connectivity index (χ0v) is 12.4. The van der Waals surface area contributed by atoms with Gasteiger partial charge in [-0.1, -0.05) is 11.8 Å². The van der Waals surface area contributed by atoms with Crippen LogP contribution < -0.4 is 5.56 Å². The van der Waals surface area contributed by atoms with Crippen molar-refractivity contribution in [3.05, 3.63) is 22.1 Å². The minimum absolute atomic E-state index is 0.0511. The highest BCUT2D eigenvalue weighted by Crippen LogP contribution is 2.32. The maximum absolute atomic E-state index is 12.1. The summed E-state index contributed by atoms with van der Waals surface area (Å²) in [4.78, 5) is 30.3. The molecule has 2 heterocycles. The van der Waals surface area contributed by atoms with E-state index in [0.29, 0.717) is 19.5 Å². The molecule has 0 saturated heterocycles. The second-order valence-corrected chi connectivity index (χ2v) is 5.61. The number of carbonyl (C=O) groups excluding carboxylic acids is 1. The summed E-state index contributed by atoms with van der Waals surface area (Å²) in [5, 5.41) is 0.738. The average Bonchev–Trinajstić information content (AvgIpc) is 2.73. The SMILES string of the molecule is CCN(CC)C(=O)CC1CSc2nc(C)cc(=O)n21. The third-order valence-corrected chi connectivity index (χ3v) is 4.44. The second-order valence-electron chi connectivity index (χ2n) is 4.62. The van der Waals surface area contributed by atoms with Gasteiger partial charge < -0.3 is 4.90 Å². The minimum Gasteiger partial charge on any atom is -0.343 e. The molecule has 0 spiro atoms. The van der Waals surface area contributed by atoms with Crippen molar-refractivity contribution in [3.8, 4) is 0 Å².